The highest BCUT2D eigenvalue weighted by atomic mass is 35.5. The molecule has 1 aliphatic carbocycles. The van der Waals surface area contributed by atoms with Crippen LogP contribution in [0.25, 0.3) is 0 Å². The predicted molar refractivity (Wildman–Crippen MR) is 131 cm³/mol. The van der Waals surface area contributed by atoms with Gasteiger partial charge in [0.1, 0.15) is 16.7 Å². The molecule has 3 aromatic rings. The van der Waals surface area contributed by atoms with E-state index in [2.05, 4.69) is 66.4 Å². The van der Waals surface area contributed by atoms with E-state index >= 15 is 0 Å². The van der Waals surface area contributed by atoms with E-state index in [-0.39, 0.29) is 0 Å². The minimum absolute atomic E-state index is 0.479. The van der Waals surface area contributed by atoms with E-state index in [1.54, 1.807) is 0 Å². The highest BCUT2D eigenvalue weighted by Crippen LogP contribution is 2.82. The second-order valence-electron chi connectivity index (χ2n) is 8.46. The van der Waals surface area contributed by atoms with Crippen molar-refractivity contribution in [1.82, 2.24) is 4.90 Å². The Balaban J connectivity index is 1.95. The van der Waals surface area contributed by atoms with Crippen molar-refractivity contribution < 1.29 is 4.74 Å². The van der Waals surface area contributed by atoms with Gasteiger partial charge in [-0.3, -0.25) is 0 Å². The zero-order valence-corrected chi connectivity index (χ0v) is 19.8. The Morgan fingerprint density at radius 1 is 0.774 bits per heavy atom. The Morgan fingerprint density at radius 3 is 1.90 bits per heavy atom. The van der Waals surface area contributed by atoms with Gasteiger partial charge in [0.05, 0.1) is 5.41 Å². The molecule has 0 spiro atoms. The zero-order chi connectivity index (χ0) is 22.1. The van der Waals surface area contributed by atoms with Crippen LogP contribution in [0.4, 0.5) is 0 Å². The maximum absolute atomic E-state index is 7.35. The molecule has 0 aromatic heterocycles. The second kappa shape index (κ2) is 8.50. The lowest BCUT2D eigenvalue weighted by Gasteiger charge is -2.27. The Kier molecular flexibility index (Phi) is 6.09. The van der Waals surface area contributed by atoms with Crippen LogP contribution in [-0.4, -0.2) is 36.5 Å². The summed E-state index contributed by atoms with van der Waals surface area (Å²) in [5.41, 5.74) is 2.18. The smallest absolute Gasteiger partial charge is 0.143 e. The Morgan fingerprint density at radius 2 is 1.32 bits per heavy atom. The first-order valence-electron chi connectivity index (χ1n) is 10.8. The summed E-state index contributed by atoms with van der Waals surface area (Å²) in [6.45, 7) is 3.60. The van der Waals surface area contributed by atoms with Crippen molar-refractivity contribution in [3.8, 4) is 5.75 Å². The molecule has 4 heteroatoms. The predicted octanol–water partition coefficient (Wildman–Crippen LogP) is 6.45. The minimum Gasteiger partial charge on any atom is -0.492 e. The fourth-order valence-corrected chi connectivity index (χ4v) is 6.69. The van der Waals surface area contributed by atoms with Gasteiger partial charge in [0.2, 0.25) is 0 Å². The molecule has 0 aliphatic heterocycles. The lowest BCUT2D eigenvalue weighted by atomic mass is 9.75. The van der Waals surface area contributed by atoms with Gasteiger partial charge in [-0.1, -0.05) is 109 Å². The summed E-state index contributed by atoms with van der Waals surface area (Å²) < 4.78 is 5.27. The molecule has 3 aromatic carbocycles. The topological polar surface area (TPSA) is 12.5 Å². The van der Waals surface area contributed by atoms with E-state index in [4.69, 9.17) is 27.9 Å². The largest absolute Gasteiger partial charge is 0.492 e. The van der Waals surface area contributed by atoms with Crippen LogP contribution >= 0.6 is 23.2 Å². The molecule has 2 atom stereocenters. The van der Waals surface area contributed by atoms with E-state index in [1.165, 1.54) is 0 Å². The number of rotatable bonds is 8. The molecule has 1 aliphatic rings. The van der Waals surface area contributed by atoms with Gasteiger partial charge in [-0.25, -0.2) is 0 Å². The van der Waals surface area contributed by atoms with E-state index < -0.39 is 15.2 Å². The summed E-state index contributed by atoms with van der Waals surface area (Å²) in [5.74, 6) is 0.838. The van der Waals surface area contributed by atoms with Crippen LogP contribution in [0.3, 0.4) is 0 Å². The summed E-state index contributed by atoms with van der Waals surface area (Å²) in [6, 6.07) is 29.1. The molecular formula is C27H29Cl2NO. The molecule has 1 fully saturated rings. The van der Waals surface area contributed by atoms with E-state index in [1.807, 2.05) is 44.4 Å². The van der Waals surface area contributed by atoms with Crippen molar-refractivity contribution in [1.29, 1.82) is 0 Å². The molecular weight excluding hydrogens is 425 g/mol. The molecule has 0 N–H and O–H groups in total. The van der Waals surface area contributed by atoms with Gasteiger partial charge in [-0.2, -0.15) is 0 Å². The fourth-order valence-electron chi connectivity index (χ4n) is 5.27. The summed E-state index contributed by atoms with van der Waals surface area (Å²) >= 11 is 14.7. The molecule has 0 heterocycles. The third kappa shape index (κ3) is 3.19. The van der Waals surface area contributed by atoms with Crippen molar-refractivity contribution in [2.45, 2.75) is 28.5 Å². The van der Waals surface area contributed by atoms with Crippen molar-refractivity contribution in [3.63, 3.8) is 0 Å². The van der Waals surface area contributed by atoms with Crippen LogP contribution in [0, 0.1) is 0 Å². The van der Waals surface area contributed by atoms with Crippen molar-refractivity contribution in [2.75, 3.05) is 27.2 Å². The fraction of sp³-hybridized carbons (Fsp3) is 0.333. The van der Waals surface area contributed by atoms with Gasteiger partial charge in [0.25, 0.3) is 0 Å². The van der Waals surface area contributed by atoms with Crippen LogP contribution in [0.1, 0.15) is 30.0 Å². The van der Waals surface area contributed by atoms with Gasteiger partial charge in [-0.15, -0.1) is 0 Å². The van der Waals surface area contributed by atoms with Gasteiger partial charge in [0.15, 0.2) is 0 Å². The lowest BCUT2D eigenvalue weighted by molar-refractivity contribution is 0.258. The van der Waals surface area contributed by atoms with Crippen LogP contribution < -0.4 is 4.74 Å². The molecule has 31 heavy (non-hydrogen) atoms. The number of hydrogen-bond acceptors (Lipinski definition) is 2. The number of ether oxygens (including phenoxy) is 1. The first kappa shape index (κ1) is 22.2. The average Bonchev–Trinajstić information content (AvgIpc) is 3.26. The van der Waals surface area contributed by atoms with Crippen molar-refractivity contribution in [2.24, 2.45) is 0 Å². The molecule has 0 radical (unpaired) electrons. The molecule has 1 saturated carbocycles. The summed E-state index contributed by atoms with van der Waals surface area (Å²) in [6.07, 6.45) is 0.797. The SMILES string of the molecule is CCC1(c2ccccc2)C(Cl)(Cl)C1(c1ccccc1)c1ccccc1OCCN(C)C. The molecule has 2 unspecified atom stereocenters. The van der Waals surface area contributed by atoms with Crippen LogP contribution in [-0.2, 0) is 10.8 Å². The molecule has 4 rings (SSSR count). The van der Waals surface area contributed by atoms with Crippen molar-refractivity contribution in [3.05, 3.63) is 102 Å². The molecule has 0 saturated heterocycles. The summed E-state index contributed by atoms with van der Waals surface area (Å²) in [5, 5.41) is 0. The standard InChI is InChI=1S/C27H29Cl2NO/c1-4-25(21-13-7-5-8-14-21)26(27(25,28)29,22-15-9-6-10-16-22)23-17-11-12-18-24(23)31-20-19-30(2)3/h5-18H,4,19-20H2,1-3H3. The normalized spacial score (nSPS) is 24.2. The first-order chi connectivity index (χ1) is 14.9. The van der Waals surface area contributed by atoms with Gasteiger partial charge < -0.3 is 9.64 Å². The Hall–Kier alpha value is -2.00. The number of nitrogens with zero attached hydrogens (tertiary/aromatic N) is 1. The molecule has 2 nitrogen and oxygen atoms in total. The maximum Gasteiger partial charge on any atom is 0.143 e. The average molecular weight is 454 g/mol. The number of para-hydroxylation sites is 1. The Bertz CT molecular complexity index is 1020. The quantitative estimate of drug-likeness (QED) is 0.363. The number of halogens is 2. The second-order valence-corrected chi connectivity index (χ2v) is 9.79. The zero-order valence-electron chi connectivity index (χ0n) is 18.3. The number of likely N-dealkylation sites (N-methyl/N-ethyl adjacent to an activating group) is 1. The number of alkyl halides is 2. The molecule has 162 valence electrons. The van der Waals surface area contributed by atoms with Gasteiger partial charge in [-0.05, 0) is 37.7 Å². The van der Waals surface area contributed by atoms with Crippen molar-refractivity contribution >= 4 is 23.2 Å². The molecule has 0 bridgehead atoms. The number of hydrogen-bond donors (Lipinski definition) is 0. The van der Waals surface area contributed by atoms with E-state index in [9.17, 15) is 0 Å². The highest BCUT2D eigenvalue weighted by Gasteiger charge is 2.87. The molecule has 0 amide bonds. The van der Waals surface area contributed by atoms with Crippen LogP contribution in [0.15, 0.2) is 84.9 Å². The summed E-state index contributed by atoms with van der Waals surface area (Å²) in [7, 11) is 4.09. The monoisotopic (exact) mass is 453 g/mol. The third-order valence-corrected chi connectivity index (χ3v) is 7.89. The Labute approximate surface area is 195 Å². The maximum atomic E-state index is 7.35. The van der Waals surface area contributed by atoms with E-state index in [0.29, 0.717) is 6.61 Å². The minimum atomic E-state index is -1.03. The third-order valence-electron chi connectivity index (χ3n) is 6.68. The number of benzene rings is 3. The van der Waals surface area contributed by atoms with Gasteiger partial charge in [0, 0.05) is 17.5 Å². The summed E-state index contributed by atoms with van der Waals surface area (Å²) in [4.78, 5) is 2.11. The van der Waals surface area contributed by atoms with Gasteiger partial charge >= 0.3 is 0 Å². The highest BCUT2D eigenvalue weighted by molar-refractivity contribution is 6.54. The van der Waals surface area contributed by atoms with Crippen LogP contribution in [0.2, 0.25) is 0 Å². The van der Waals surface area contributed by atoms with E-state index in [0.717, 1.165) is 35.4 Å². The van der Waals surface area contributed by atoms with Crippen LogP contribution in [0.5, 0.6) is 5.75 Å². The lowest BCUT2D eigenvalue weighted by Crippen LogP contribution is -2.25. The first-order valence-corrected chi connectivity index (χ1v) is 11.5.